The minimum Gasteiger partial charge on any atom is -0.453 e. The van der Waals surface area contributed by atoms with Crippen molar-refractivity contribution in [3.05, 3.63) is 77.4 Å². The molecule has 0 saturated carbocycles. The van der Waals surface area contributed by atoms with Crippen molar-refractivity contribution >= 4 is 28.5 Å². The number of nitrogens with one attached hydrogen (secondary N) is 2. The number of nitrogens with zero attached hydrogens (tertiary/aromatic N) is 2. The molecule has 2 aliphatic heterocycles. The molecule has 7 nitrogen and oxygen atoms in total. The third-order valence-electron chi connectivity index (χ3n) is 8.42. The van der Waals surface area contributed by atoms with Crippen molar-refractivity contribution in [3.8, 4) is 0 Å². The van der Waals surface area contributed by atoms with E-state index in [0.29, 0.717) is 6.04 Å². The molecule has 2 N–H and O–H groups in total. The topological polar surface area (TPSA) is 73.9 Å². The van der Waals surface area contributed by atoms with Gasteiger partial charge in [-0.25, -0.2) is 4.79 Å². The van der Waals surface area contributed by atoms with Gasteiger partial charge in [-0.15, -0.1) is 0 Å². The lowest BCUT2D eigenvalue weighted by Crippen LogP contribution is -2.58. The Balaban J connectivity index is 1.23. The molecular formula is C29H32N4O3. The molecule has 36 heavy (non-hydrogen) atoms. The normalized spacial score (nSPS) is 23.8. The van der Waals surface area contributed by atoms with E-state index in [4.69, 9.17) is 4.74 Å². The van der Waals surface area contributed by atoms with E-state index >= 15 is 0 Å². The van der Waals surface area contributed by atoms with Crippen LogP contribution in [0.25, 0.3) is 10.8 Å². The number of anilines is 1. The lowest BCUT2D eigenvalue weighted by molar-refractivity contribution is -0.124. The molecule has 0 bridgehead atoms. The van der Waals surface area contributed by atoms with Crippen LogP contribution in [0.5, 0.6) is 0 Å². The zero-order valence-electron chi connectivity index (χ0n) is 20.8. The van der Waals surface area contributed by atoms with Gasteiger partial charge in [0, 0.05) is 36.4 Å². The molecule has 3 aromatic rings. The summed E-state index contributed by atoms with van der Waals surface area (Å²) >= 11 is 0. The van der Waals surface area contributed by atoms with Crippen molar-refractivity contribution in [1.29, 1.82) is 0 Å². The van der Waals surface area contributed by atoms with E-state index in [1.165, 1.54) is 29.0 Å². The van der Waals surface area contributed by atoms with E-state index < -0.39 is 11.6 Å². The second-order valence-corrected chi connectivity index (χ2v) is 10.0. The minimum atomic E-state index is -1.01. The van der Waals surface area contributed by atoms with Gasteiger partial charge < -0.3 is 20.3 Å². The van der Waals surface area contributed by atoms with Crippen molar-refractivity contribution in [2.75, 3.05) is 38.7 Å². The van der Waals surface area contributed by atoms with Crippen molar-refractivity contribution in [1.82, 2.24) is 15.5 Å². The van der Waals surface area contributed by atoms with Crippen LogP contribution >= 0.6 is 0 Å². The van der Waals surface area contributed by atoms with Crippen LogP contribution in [0.2, 0.25) is 0 Å². The monoisotopic (exact) mass is 484 g/mol. The van der Waals surface area contributed by atoms with Gasteiger partial charge in [0.2, 0.25) is 0 Å². The molecule has 1 fully saturated rings. The van der Waals surface area contributed by atoms with Gasteiger partial charge in [-0.3, -0.25) is 9.69 Å². The molecule has 2 unspecified atom stereocenters. The summed E-state index contributed by atoms with van der Waals surface area (Å²) in [5.41, 5.74) is 3.70. The van der Waals surface area contributed by atoms with E-state index in [2.05, 4.69) is 51.9 Å². The number of alkyl carbamates (subject to hydrolysis) is 1. The van der Waals surface area contributed by atoms with Gasteiger partial charge in [-0.1, -0.05) is 54.6 Å². The number of fused-ring (bicyclic) bond motifs is 1. The number of hydrogen-bond donors (Lipinski definition) is 2. The number of para-hydroxylation sites is 1. The van der Waals surface area contributed by atoms with Crippen LogP contribution in [-0.4, -0.2) is 56.7 Å². The summed E-state index contributed by atoms with van der Waals surface area (Å²) in [6.07, 6.45) is 2.32. The SMILES string of the molecule is CNC1(CNC(=O)OC)C(=O)N(C2CCN(C3Cc4cccc5cccc3c45)CC2)c2ccccc21. The zero-order chi connectivity index (χ0) is 24.9. The Labute approximate surface area is 211 Å². The van der Waals surface area contributed by atoms with Crippen LogP contribution in [0.1, 0.15) is 35.6 Å². The van der Waals surface area contributed by atoms with E-state index in [1.54, 1.807) is 7.05 Å². The fourth-order valence-electron chi connectivity index (χ4n) is 6.61. The molecule has 1 aliphatic carbocycles. The highest BCUT2D eigenvalue weighted by Crippen LogP contribution is 2.44. The summed E-state index contributed by atoms with van der Waals surface area (Å²) in [5, 5.41) is 8.73. The molecule has 2 atom stereocenters. The third-order valence-corrected chi connectivity index (χ3v) is 8.42. The number of hydrogen-bond acceptors (Lipinski definition) is 5. The summed E-state index contributed by atoms with van der Waals surface area (Å²) in [6.45, 7) is 2.02. The maximum atomic E-state index is 14.0. The molecule has 3 aliphatic rings. The van der Waals surface area contributed by atoms with Crippen molar-refractivity contribution in [3.63, 3.8) is 0 Å². The highest BCUT2D eigenvalue weighted by Gasteiger charge is 2.52. The predicted molar refractivity (Wildman–Crippen MR) is 140 cm³/mol. The van der Waals surface area contributed by atoms with Crippen LogP contribution in [0.3, 0.4) is 0 Å². The van der Waals surface area contributed by atoms with E-state index in [-0.39, 0.29) is 18.5 Å². The number of rotatable bonds is 5. The van der Waals surface area contributed by atoms with Gasteiger partial charge in [-0.2, -0.15) is 0 Å². The summed E-state index contributed by atoms with van der Waals surface area (Å²) in [6, 6.07) is 21.7. The van der Waals surface area contributed by atoms with Crippen LogP contribution in [-0.2, 0) is 21.5 Å². The number of piperidine rings is 1. The highest BCUT2D eigenvalue weighted by molar-refractivity contribution is 6.08. The summed E-state index contributed by atoms with van der Waals surface area (Å²) in [7, 11) is 3.10. The molecular weight excluding hydrogens is 452 g/mol. The Kier molecular flexibility index (Phi) is 5.69. The molecule has 0 radical (unpaired) electrons. The van der Waals surface area contributed by atoms with Crippen molar-refractivity contribution < 1.29 is 14.3 Å². The molecule has 0 aromatic heterocycles. The minimum absolute atomic E-state index is 0.0147. The smallest absolute Gasteiger partial charge is 0.406 e. The molecule has 7 heteroatoms. The third kappa shape index (κ3) is 3.41. The highest BCUT2D eigenvalue weighted by atomic mass is 16.5. The Hall–Kier alpha value is -3.42. The average Bonchev–Trinajstić information content (AvgIpc) is 3.42. The van der Waals surface area contributed by atoms with E-state index in [0.717, 1.165) is 43.6 Å². The van der Waals surface area contributed by atoms with Gasteiger partial charge in [-0.05, 0) is 54.3 Å². The number of carbonyl (C=O) groups excluding carboxylic acids is 2. The van der Waals surface area contributed by atoms with Crippen LogP contribution in [0.15, 0.2) is 60.7 Å². The molecule has 6 rings (SSSR count). The molecule has 0 spiro atoms. The van der Waals surface area contributed by atoms with Crippen LogP contribution in [0.4, 0.5) is 10.5 Å². The van der Waals surface area contributed by atoms with Gasteiger partial charge in [0.1, 0.15) is 5.54 Å². The van der Waals surface area contributed by atoms with Crippen LogP contribution in [0, 0.1) is 0 Å². The average molecular weight is 485 g/mol. The number of ether oxygens (including phenoxy) is 1. The standard InChI is InChI=1S/C29H32N4O3/c1-30-29(18-31-28(35)36-2)23-11-3-4-12-24(23)33(27(29)34)21-13-15-32(16-14-21)25-17-20-9-5-7-19-8-6-10-22(25)26(19)20/h3-12,21,25,30H,13-18H2,1-2H3,(H,31,35). The quantitative estimate of drug-likeness (QED) is 0.578. The fourth-order valence-corrected chi connectivity index (χ4v) is 6.61. The zero-order valence-corrected chi connectivity index (χ0v) is 20.8. The lowest BCUT2D eigenvalue weighted by atomic mass is 9.91. The van der Waals surface area contributed by atoms with Gasteiger partial charge in [0.15, 0.2) is 0 Å². The predicted octanol–water partition coefficient (Wildman–Crippen LogP) is 3.72. The Bertz CT molecular complexity index is 1330. The summed E-state index contributed by atoms with van der Waals surface area (Å²) < 4.78 is 4.76. The second-order valence-electron chi connectivity index (χ2n) is 10.0. The van der Waals surface area contributed by atoms with Gasteiger partial charge >= 0.3 is 6.09 Å². The number of benzene rings is 3. The first-order chi connectivity index (χ1) is 17.6. The summed E-state index contributed by atoms with van der Waals surface area (Å²) in [5.74, 6) is -0.0147. The lowest BCUT2D eigenvalue weighted by Gasteiger charge is -2.40. The first-order valence-electron chi connectivity index (χ1n) is 12.8. The molecule has 1 saturated heterocycles. The fraction of sp³-hybridized carbons (Fsp3) is 0.379. The Morgan fingerprint density at radius 3 is 2.56 bits per heavy atom. The first kappa shape index (κ1) is 23.0. The Morgan fingerprint density at radius 2 is 1.81 bits per heavy atom. The van der Waals surface area contributed by atoms with E-state index in [9.17, 15) is 9.59 Å². The maximum absolute atomic E-state index is 14.0. The Morgan fingerprint density at radius 1 is 1.06 bits per heavy atom. The maximum Gasteiger partial charge on any atom is 0.406 e. The molecule has 2 heterocycles. The van der Waals surface area contributed by atoms with Gasteiger partial charge in [0.05, 0.1) is 13.7 Å². The molecule has 186 valence electrons. The first-order valence-corrected chi connectivity index (χ1v) is 12.8. The summed E-state index contributed by atoms with van der Waals surface area (Å²) in [4.78, 5) is 30.4. The number of likely N-dealkylation sites (tertiary alicyclic amines) is 1. The number of likely N-dealkylation sites (N-methyl/N-ethyl adjacent to an activating group) is 1. The molecule has 3 aromatic carbocycles. The largest absolute Gasteiger partial charge is 0.453 e. The second kappa shape index (κ2) is 8.91. The number of amides is 2. The number of carbonyl (C=O) groups is 2. The number of methoxy groups -OCH3 is 1. The van der Waals surface area contributed by atoms with Gasteiger partial charge in [0.25, 0.3) is 5.91 Å². The molecule has 2 amide bonds. The van der Waals surface area contributed by atoms with Crippen LogP contribution < -0.4 is 15.5 Å². The van der Waals surface area contributed by atoms with E-state index in [1.807, 2.05) is 29.2 Å². The van der Waals surface area contributed by atoms with Crippen molar-refractivity contribution in [2.45, 2.75) is 36.9 Å². The van der Waals surface area contributed by atoms with Crippen molar-refractivity contribution in [2.24, 2.45) is 0 Å².